The fraction of sp³-hybridized carbons (Fsp3) is 0.385. The highest BCUT2D eigenvalue weighted by molar-refractivity contribution is 5.20. The molecule has 17 heavy (non-hydrogen) atoms. The summed E-state index contributed by atoms with van der Waals surface area (Å²) in [7, 11) is 1.92. The maximum absolute atomic E-state index is 5.59. The van der Waals surface area contributed by atoms with E-state index in [9.17, 15) is 0 Å². The molecule has 0 aliphatic heterocycles. The molecule has 0 aromatic carbocycles. The van der Waals surface area contributed by atoms with Crippen LogP contribution in [0.1, 0.15) is 22.8 Å². The molecule has 2 aromatic heterocycles. The number of hydrogen-bond donors (Lipinski definition) is 1. The van der Waals surface area contributed by atoms with Crippen LogP contribution in [-0.2, 0) is 24.5 Å². The Hall–Kier alpha value is -1.52. The van der Waals surface area contributed by atoms with E-state index in [2.05, 4.69) is 5.32 Å². The Kier molecular flexibility index (Phi) is 4.01. The molecule has 0 spiro atoms. The molecule has 0 radical (unpaired) electrons. The average Bonchev–Trinajstić information content (AvgIpc) is 2.91. The number of furan rings is 2. The Morgan fingerprint density at radius 3 is 2.82 bits per heavy atom. The van der Waals surface area contributed by atoms with E-state index in [1.165, 1.54) is 5.56 Å². The molecular formula is C13H17NO3. The molecular weight excluding hydrogens is 218 g/mol. The first-order valence-corrected chi connectivity index (χ1v) is 5.62. The molecule has 2 aromatic rings. The molecule has 0 atom stereocenters. The first kappa shape index (κ1) is 12.0. The molecule has 4 nitrogen and oxygen atoms in total. The van der Waals surface area contributed by atoms with Crippen molar-refractivity contribution in [2.24, 2.45) is 0 Å². The summed E-state index contributed by atoms with van der Waals surface area (Å²) in [5, 5.41) is 3.10. The molecule has 0 unspecified atom stereocenters. The summed E-state index contributed by atoms with van der Waals surface area (Å²) in [4.78, 5) is 0. The van der Waals surface area contributed by atoms with E-state index in [1.54, 1.807) is 6.26 Å². The van der Waals surface area contributed by atoms with Gasteiger partial charge in [0.25, 0.3) is 0 Å². The van der Waals surface area contributed by atoms with Crippen LogP contribution in [0.2, 0.25) is 0 Å². The van der Waals surface area contributed by atoms with Crippen LogP contribution in [0.25, 0.3) is 0 Å². The van der Waals surface area contributed by atoms with Gasteiger partial charge in [0, 0.05) is 12.1 Å². The van der Waals surface area contributed by atoms with Crippen molar-refractivity contribution in [1.82, 2.24) is 5.32 Å². The topological polar surface area (TPSA) is 47.5 Å². The fourth-order valence-corrected chi connectivity index (χ4v) is 1.67. The smallest absolute Gasteiger partial charge is 0.130 e. The lowest BCUT2D eigenvalue weighted by atomic mass is 10.2. The van der Waals surface area contributed by atoms with E-state index in [0.29, 0.717) is 13.2 Å². The van der Waals surface area contributed by atoms with E-state index in [4.69, 9.17) is 13.6 Å². The Balaban J connectivity index is 1.84. The summed E-state index contributed by atoms with van der Waals surface area (Å²) >= 11 is 0. The highest BCUT2D eigenvalue weighted by Crippen LogP contribution is 2.15. The van der Waals surface area contributed by atoms with Crippen LogP contribution in [0, 0.1) is 6.92 Å². The van der Waals surface area contributed by atoms with Gasteiger partial charge in [0.15, 0.2) is 0 Å². The minimum absolute atomic E-state index is 0.464. The molecule has 0 bridgehead atoms. The zero-order valence-electron chi connectivity index (χ0n) is 10.2. The predicted molar refractivity (Wildman–Crippen MR) is 63.4 cm³/mol. The molecule has 1 N–H and O–H groups in total. The normalized spacial score (nSPS) is 10.9. The van der Waals surface area contributed by atoms with E-state index in [1.807, 2.05) is 32.2 Å². The molecule has 2 heterocycles. The Morgan fingerprint density at radius 1 is 1.29 bits per heavy atom. The standard InChI is InChI=1S/C13H17NO3/c1-10-11(7-14-2)6-13(17-10)9-15-8-12-4-3-5-16-12/h3-6,14H,7-9H2,1-2H3. The minimum Gasteiger partial charge on any atom is -0.467 e. The average molecular weight is 235 g/mol. The number of ether oxygens (including phenoxy) is 1. The van der Waals surface area contributed by atoms with Gasteiger partial charge in [-0.25, -0.2) is 0 Å². The van der Waals surface area contributed by atoms with Crippen LogP contribution < -0.4 is 5.32 Å². The second-order valence-electron chi connectivity index (χ2n) is 3.90. The summed E-state index contributed by atoms with van der Waals surface area (Å²) in [6, 6.07) is 5.76. The summed E-state index contributed by atoms with van der Waals surface area (Å²) in [6.45, 7) is 3.70. The maximum Gasteiger partial charge on any atom is 0.130 e. The van der Waals surface area contributed by atoms with Crippen molar-refractivity contribution in [3.8, 4) is 0 Å². The van der Waals surface area contributed by atoms with Crippen LogP contribution in [0.4, 0.5) is 0 Å². The third-order valence-electron chi connectivity index (χ3n) is 2.51. The van der Waals surface area contributed by atoms with Gasteiger partial charge >= 0.3 is 0 Å². The quantitative estimate of drug-likeness (QED) is 0.836. The monoisotopic (exact) mass is 235 g/mol. The lowest BCUT2D eigenvalue weighted by molar-refractivity contribution is 0.0798. The van der Waals surface area contributed by atoms with E-state index in [-0.39, 0.29) is 0 Å². The van der Waals surface area contributed by atoms with Crippen LogP contribution >= 0.6 is 0 Å². The van der Waals surface area contributed by atoms with Crippen molar-refractivity contribution in [2.45, 2.75) is 26.7 Å². The van der Waals surface area contributed by atoms with E-state index in [0.717, 1.165) is 23.8 Å². The summed E-state index contributed by atoms with van der Waals surface area (Å²) in [5.74, 6) is 2.61. The molecule has 0 saturated carbocycles. The van der Waals surface area contributed by atoms with Crippen molar-refractivity contribution in [3.63, 3.8) is 0 Å². The number of nitrogens with one attached hydrogen (secondary N) is 1. The first-order chi connectivity index (χ1) is 8.29. The number of rotatable bonds is 6. The van der Waals surface area contributed by atoms with Gasteiger partial charge in [-0.05, 0) is 32.2 Å². The molecule has 0 saturated heterocycles. The van der Waals surface area contributed by atoms with Gasteiger partial charge in [-0.1, -0.05) is 0 Å². The maximum atomic E-state index is 5.59. The lowest BCUT2D eigenvalue weighted by Gasteiger charge is -1.98. The van der Waals surface area contributed by atoms with Crippen LogP contribution in [0.3, 0.4) is 0 Å². The van der Waals surface area contributed by atoms with Gasteiger partial charge < -0.3 is 18.9 Å². The van der Waals surface area contributed by atoms with Gasteiger partial charge in [0.05, 0.1) is 6.26 Å². The van der Waals surface area contributed by atoms with Gasteiger partial charge in [-0.15, -0.1) is 0 Å². The summed E-state index contributed by atoms with van der Waals surface area (Å²) < 4.78 is 16.3. The third kappa shape index (κ3) is 3.22. The van der Waals surface area contributed by atoms with Crippen molar-refractivity contribution in [2.75, 3.05) is 7.05 Å². The molecule has 2 rings (SSSR count). The molecule has 0 aliphatic rings. The van der Waals surface area contributed by atoms with E-state index >= 15 is 0 Å². The van der Waals surface area contributed by atoms with Gasteiger partial charge in [-0.2, -0.15) is 0 Å². The highest BCUT2D eigenvalue weighted by Gasteiger charge is 2.07. The van der Waals surface area contributed by atoms with Crippen molar-refractivity contribution in [3.05, 3.63) is 47.3 Å². The minimum atomic E-state index is 0.464. The predicted octanol–water partition coefficient (Wildman–Crippen LogP) is 2.62. The fourth-order valence-electron chi connectivity index (χ4n) is 1.67. The van der Waals surface area contributed by atoms with Gasteiger partial charge in [-0.3, -0.25) is 0 Å². The van der Waals surface area contributed by atoms with Crippen molar-refractivity contribution >= 4 is 0 Å². The van der Waals surface area contributed by atoms with Crippen molar-refractivity contribution in [1.29, 1.82) is 0 Å². The van der Waals surface area contributed by atoms with Gasteiger partial charge in [0.2, 0.25) is 0 Å². The van der Waals surface area contributed by atoms with Crippen LogP contribution in [-0.4, -0.2) is 7.05 Å². The summed E-state index contributed by atoms with van der Waals surface area (Å²) in [5.41, 5.74) is 1.17. The van der Waals surface area contributed by atoms with Crippen LogP contribution in [0.5, 0.6) is 0 Å². The Bertz CT molecular complexity index is 445. The van der Waals surface area contributed by atoms with Gasteiger partial charge in [0.1, 0.15) is 30.5 Å². The Morgan fingerprint density at radius 2 is 2.12 bits per heavy atom. The molecule has 0 fully saturated rings. The lowest BCUT2D eigenvalue weighted by Crippen LogP contribution is -2.04. The van der Waals surface area contributed by atoms with Crippen molar-refractivity contribution < 1.29 is 13.6 Å². The van der Waals surface area contributed by atoms with E-state index < -0.39 is 0 Å². The number of aryl methyl sites for hydroxylation is 1. The van der Waals surface area contributed by atoms with Crippen LogP contribution in [0.15, 0.2) is 33.3 Å². The molecule has 4 heteroatoms. The first-order valence-electron chi connectivity index (χ1n) is 5.62. The SMILES string of the molecule is CNCc1cc(COCc2ccco2)oc1C. The molecule has 0 amide bonds. The largest absolute Gasteiger partial charge is 0.467 e. The summed E-state index contributed by atoms with van der Waals surface area (Å²) in [6.07, 6.45) is 1.64. The zero-order chi connectivity index (χ0) is 12.1. The molecule has 0 aliphatic carbocycles. The highest BCUT2D eigenvalue weighted by atomic mass is 16.5. The zero-order valence-corrected chi connectivity index (χ0v) is 10.2. The third-order valence-corrected chi connectivity index (χ3v) is 2.51. The molecule has 92 valence electrons. The Labute approximate surface area is 101 Å². The second kappa shape index (κ2) is 5.70. The number of hydrogen-bond acceptors (Lipinski definition) is 4. The second-order valence-corrected chi connectivity index (χ2v) is 3.90.